The number of nitrogens with one attached hydrogen (secondary N) is 2. The third kappa shape index (κ3) is 9.97. The number of unbranched alkanes of at least 4 members (excludes halogenated alkanes) is 4. The molecule has 25 heavy (non-hydrogen) atoms. The smallest absolute Gasteiger partial charge is 0.191 e. The van der Waals surface area contributed by atoms with E-state index in [-0.39, 0.29) is 0 Å². The van der Waals surface area contributed by atoms with Crippen molar-refractivity contribution in [2.45, 2.75) is 45.6 Å². The summed E-state index contributed by atoms with van der Waals surface area (Å²) in [5, 5.41) is 6.73. The van der Waals surface area contributed by atoms with Crippen LogP contribution in [0.2, 0.25) is 0 Å². The second kappa shape index (κ2) is 13.5. The van der Waals surface area contributed by atoms with E-state index >= 15 is 0 Å². The normalized spacial score (nSPS) is 11.6. The molecule has 0 fully saturated rings. The lowest BCUT2D eigenvalue weighted by Gasteiger charge is -2.12. The third-order valence-electron chi connectivity index (χ3n) is 4.02. The second-order valence-electron chi connectivity index (χ2n) is 6.50. The van der Waals surface area contributed by atoms with Crippen LogP contribution >= 0.6 is 0 Å². The van der Waals surface area contributed by atoms with Crippen LogP contribution < -0.4 is 15.4 Å². The Morgan fingerprint density at radius 1 is 1.04 bits per heavy atom. The Bertz CT molecular complexity index is 488. The lowest BCUT2D eigenvalue weighted by molar-refractivity contribution is 0.389. The Labute approximate surface area is 153 Å². The van der Waals surface area contributed by atoms with Crippen LogP contribution in [0.1, 0.15) is 44.6 Å². The zero-order valence-corrected chi connectivity index (χ0v) is 16.5. The highest BCUT2D eigenvalue weighted by Gasteiger charge is 2.02. The Morgan fingerprint density at radius 2 is 1.76 bits per heavy atom. The largest absolute Gasteiger partial charge is 0.496 e. The number of nitrogens with zero attached hydrogens (tertiary/aromatic N) is 2. The molecule has 0 aliphatic rings. The summed E-state index contributed by atoms with van der Waals surface area (Å²) >= 11 is 0. The quantitative estimate of drug-likeness (QED) is 0.346. The van der Waals surface area contributed by atoms with Gasteiger partial charge in [-0.05, 0) is 46.5 Å². The molecule has 0 spiro atoms. The molecule has 0 aliphatic carbocycles. The molecule has 0 amide bonds. The molecule has 0 atom stereocenters. The minimum Gasteiger partial charge on any atom is -0.496 e. The molecular formula is C20H36N4O. The van der Waals surface area contributed by atoms with Crippen molar-refractivity contribution in [3.8, 4) is 5.75 Å². The summed E-state index contributed by atoms with van der Waals surface area (Å²) in [5.41, 5.74) is 1.10. The molecular weight excluding hydrogens is 312 g/mol. The molecule has 0 radical (unpaired) electrons. The van der Waals surface area contributed by atoms with Crippen LogP contribution in [0.3, 0.4) is 0 Å². The molecule has 0 saturated heterocycles. The molecule has 0 aliphatic heterocycles. The van der Waals surface area contributed by atoms with Crippen LogP contribution in [-0.4, -0.2) is 51.7 Å². The van der Waals surface area contributed by atoms with E-state index in [0.717, 1.165) is 30.4 Å². The van der Waals surface area contributed by atoms with Crippen LogP contribution in [0, 0.1) is 0 Å². The fourth-order valence-electron chi connectivity index (χ4n) is 2.63. The molecule has 0 saturated carbocycles. The van der Waals surface area contributed by atoms with Gasteiger partial charge in [0.15, 0.2) is 5.96 Å². The molecule has 0 unspecified atom stereocenters. The van der Waals surface area contributed by atoms with Crippen LogP contribution in [0.25, 0.3) is 0 Å². The zero-order chi connectivity index (χ0) is 18.3. The van der Waals surface area contributed by atoms with Crippen molar-refractivity contribution in [2.75, 3.05) is 40.8 Å². The molecule has 5 nitrogen and oxygen atoms in total. The van der Waals surface area contributed by atoms with Crippen molar-refractivity contribution in [2.24, 2.45) is 4.99 Å². The molecule has 0 aromatic heterocycles. The van der Waals surface area contributed by atoms with Gasteiger partial charge in [-0.3, -0.25) is 0 Å². The predicted octanol–water partition coefficient (Wildman–Crippen LogP) is 3.26. The van der Waals surface area contributed by atoms with Gasteiger partial charge < -0.3 is 20.3 Å². The maximum Gasteiger partial charge on any atom is 0.191 e. The van der Waals surface area contributed by atoms with E-state index in [1.807, 2.05) is 18.2 Å². The first-order valence-corrected chi connectivity index (χ1v) is 9.46. The number of guanidine groups is 1. The van der Waals surface area contributed by atoms with Gasteiger partial charge in [-0.2, -0.15) is 0 Å². The molecule has 0 heterocycles. The maximum absolute atomic E-state index is 5.38. The summed E-state index contributed by atoms with van der Waals surface area (Å²) in [7, 11) is 5.97. The summed E-state index contributed by atoms with van der Waals surface area (Å²) in [4.78, 5) is 6.92. The number of benzene rings is 1. The van der Waals surface area contributed by atoms with E-state index in [0.29, 0.717) is 6.54 Å². The molecule has 142 valence electrons. The lowest BCUT2D eigenvalue weighted by atomic mass is 10.1. The monoisotopic (exact) mass is 348 g/mol. The van der Waals surface area contributed by atoms with Gasteiger partial charge in [0, 0.05) is 18.7 Å². The number of hydrogen-bond acceptors (Lipinski definition) is 3. The van der Waals surface area contributed by atoms with Crippen molar-refractivity contribution in [3.05, 3.63) is 29.8 Å². The second-order valence-corrected chi connectivity index (χ2v) is 6.50. The summed E-state index contributed by atoms with van der Waals surface area (Å²) < 4.78 is 5.38. The lowest BCUT2D eigenvalue weighted by Crippen LogP contribution is -2.37. The number of aliphatic imine (C=N–C) groups is 1. The van der Waals surface area contributed by atoms with Gasteiger partial charge >= 0.3 is 0 Å². The van der Waals surface area contributed by atoms with Crippen molar-refractivity contribution < 1.29 is 4.74 Å². The molecule has 1 rings (SSSR count). The summed E-state index contributed by atoms with van der Waals surface area (Å²) in [6.45, 7) is 5.72. The van der Waals surface area contributed by atoms with Crippen LogP contribution in [0.4, 0.5) is 0 Å². The van der Waals surface area contributed by atoms with E-state index in [1.165, 1.54) is 38.6 Å². The fraction of sp³-hybridized carbons (Fsp3) is 0.650. The van der Waals surface area contributed by atoms with Gasteiger partial charge in [-0.15, -0.1) is 0 Å². The summed E-state index contributed by atoms with van der Waals surface area (Å²) in [6.07, 6.45) is 6.38. The highest BCUT2D eigenvalue weighted by atomic mass is 16.5. The van der Waals surface area contributed by atoms with Crippen LogP contribution in [-0.2, 0) is 6.54 Å². The predicted molar refractivity (Wildman–Crippen MR) is 107 cm³/mol. The van der Waals surface area contributed by atoms with Crippen LogP contribution in [0.5, 0.6) is 5.75 Å². The number of hydrogen-bond donors (Lipinski definition) is 2. The minimum atomic E-state index is 0.615. The zero-order valence-electron chi connectivity index (χ0n) is 16.5. The maximum atomic E-state index is 5.38. The number of methoxy groups -OCH3 is 1. The van der Waals surface area contributed by atoms with E-state index in [9.17, 15) is 0 Å². The number of para-hydroxylation sites is 1. The first-order valence-electron chi connectivity index (χ1n) is 9.46. The minimum absolute atomic E-state index is 0.615. The van der Waals surface area contributed by atoms with Crippen molar-refractivity contribution in [3.63, 3.8) is 0 Å². The number of ether oxygens (including phenoxy) is 1. The van der Waals surface area contributed by atoms with E-state index in [1.54, 1.807) is 7.11 Å². The highest BCUT2D eigenvalue weighted by molar-refractivity contribution is 5.79. The van der Waals surface area contributed by atoms with Crippen molar-refractivity contribution in [1.29, 1.82) is 0 Å². The molecule has 0 bridgehead atoms. The molecule has 5 heteroatoms. The molecule has 2 N–H and O–H groups in total. The van der Waals surface area contributed by atoms with Crippen LogP contribution in [0.15, 0.2) is 29.3 Å². The Balaban J connectivity index is 2.29. The SMILES string of the molecule is CCNC(=NCc1ccccc1OC)NCCCCCCCN(C)C. The first kappa shape index (κ1) is 21.3. The molecule has 1 aromatic carbocycles. The van der Waals surface area contributed by atoms with Gasteiger partial charge in [0.25, 0.3) is 0 Å². The topological polar surface area (TPSA) is 48.9 Å². The van der Waals surface area contributed by atoms with E-state index in [2.05, 4.69) is 47.6 Å². The van der Waals surface area contributed by atoms with Crippen molar-refractivity contribution in [1.82, 2.24) is 15.5 Å². The summed E-state index contributed by atoms with van der Waals surface area (Å²) in [6, 6.07) is 8.03. The van der Waals surface area contributed by atoms with E-state index in [4.69, 9.17) is 4.74 Å². The highest BCUT2D eigenvalue weighted by Crippen LogP contribution is 2.17. The Kier molecular flexibility index (Phi) is 11.5. The van der Waals surface area contributed by atoms with Gasteiger partial charge in [-0.25, -0.2) is 4.99 Å². The van der Waals surface area contributed by atoms with Gasteiger partial charge in [0.1, 0.15) is 5.75 Å². The molecule has 1 aromatic rings. The Hall–Kier alpha value is -1.75. The Morgan fingerprint density at radius 3 is 2.48 bits per heavy atom. The number of rotatable bonds is 12. The summed E-state index contributed by atoms with van der Waals surface area (Å²) in [5.74, 6) is 1.76. The van der Waals surface area contributed by atoms with Gasteiger partial charge in [-0.1, -0.05) is 37.5 Å². The average Bonchev–Trinajstić information content (AvgIpc) is 2.61. The van der Waals surface area contributed by atoms with Gasteiger partial charge in [0.05, 0.1) is 13.7 Å². The third-order valence-corrected chi connectivity index (χ3v) is 4.02. The van der Waals surface area contributed by atoms with E-state index < -0.39 is 0 Å². The average molecular weight is 349 g/mol. The fourth-order valence-corrected chi connectivity index (χ4v) is 2.63. The standard InChI is InChI=1S/C20H36N4O/c1-5-21-20(22-15-11-7-6-8-12-16-24(2)3)23-17-18-13-9-10-14-19(18)25-4/h9-10,13-14H,5-8,11-12,15-17H2,1-4H3,(H2,21,22,23). The van der Waals surface area contributed by atoms with Gasteiger partial charge in [0.2, 0.25) is 0 Å². The first-order chi connectivity index (χ1) is 12.2. The van der Waals surface area contributed by atoms with Crippen molar-refractivity contribution >= 4 is 5.96 Å².